The van der Waals surface area contributed by atoms with E-state index in [4.69, 9.17) is 0 Å². The average molecular weight is 354 g/mol. The number of aryl methyl sites for hydroxylation is 1. The topological polar surface area (TPSA) is 12.0 Å². The SMILES string of the molecule is CCNC(Cc1cc(F)ccc1F)c1cc(Br)ccc1C. The lowest BCUT2D eigenvalue weighted by Gasteiger charge is -2.21. The third-order valence-corrected chi connectivity index (χ3v) is 3.99. The third kappa shape index (κ3) is 4.11. The Balaban J connectivity index is 2.35. The summed E-state index contributed by atoms with van der Waals surface area (Å²) in [5, 5.41) is 3.35. The molecule has 0 aromatic heterocycles. The summed E-state index contributed by atoms with van der Waals surface area (Å²) in [6.45, 7) is 4.78. The molecule has 2 rings (SSSR count). The fraction of sp³-hybridized carbons (Fsp3) is 0.294. The lowest BCUT2D eigenvalue weighted by Crippen LogP contribution is -2.24. The molecule has 0 saturated heterocycles. The van der Waals surface area contributed by atoms with Gasteiger partial charge in [0, 0.05) is 10.5 Å². The summed E-state index contributed by atoms with van der Waals surface area (Å²) in [5.74, 6) is -0.778. The van der Waals surface area contributed by atoms with E-state index in [1.807, 2.05) is 32.0 Å². The van der Waals surface area contributed by atoms with E-state index in [0.717, 1.165) is 28.2 Å². The van der Waals surface area contributed by atoms with E-state index in [1.54, 1.807) is 0 Å². The molecule has 0 saturated carbocycles. The molecule has 0 aliphatic carbocycles. The Kier molecular flexibility index (Phi) is 5.48. The van der Waals surface area contributed by atoms with Gasteiger partial charge in [-0.05, 0) is 66.9 Å². The van der Waals surface area contributed by atoms with Gasteiger partial charge < -0.3 is 5.32 Å². The molecule has 0 spiro atoms. The second-order valence-electron chi connectivity index (χ2n) is 5.05. The molecule has 0 amide bonds. The summed E-state index contributed by atoms with van der Waals surface area (Å²) in [6, 6.07) is 9.57. The number of hydrogen-bond donors (Lipinski definition) is 1. The van der Waals surface area contributed by atoms with E-state index < -0.39 is 5.82 Å². The highest BCUT2D eigenvalue weighted by molar-refractivity contribution is 9.10. The maximum Gasteiger partial charge on any atom is 0.126 e. The van der Waals surface area contributed by atoms with Gasteiger partial charge in [-0.15, -0.1) is 0 Å². The van der Waals surface area contributed by atoms with Crippen LogP contribution in [0.5, 0.6) is 0 Å². The van der Waals surface area contributed by atoms with Crippen molar-refractivity contribution in [2.75, 3.05) is 6.54 Å². The molecular weight excluding hydrogens is 336 g/mol. The highest BCUT2D eigenvalue weighted by Gasteiger charge is 2.16. The summed E-state index contributed by atoms with van der Waals surface area (Å²) in [6.07, 6.45) is 0.411. The molecule has 0 heterocycles. The molecule has 2 aromatic carbocycles. The fourth-order valence-electron chi connectivity index (χ4n) is 2.44. The number of benzene rings is 2. The Morgan fingerprint density at radius 2 is 1.90 bits per heavy atom. The summed E-state index contributed by atoms with van der Waals surface area (Å²) in [5.41, 5.74) is 2.61. The smallest absolute Gasteiger partial charge is 0.126 e. The summed E-state index contributed by atoms with van der Waals surface area (Å²) in [7, 11) is 0. The van der Waals surface area contributed by atoms with Gasteiger partial charge in [-0.25, -0.2) is 8.78 Å². The Hall–Kier alpha value is -1.26. The van der Waals surface area contributed by atoms with Crippen molar-refractivity contribution in [2.24, 2.45) is 0 Å². The zero-order valence-electron chi connectivity index (χ0n) is 12.1. The summed E-state index contributed by atoms with van der Waals surface area (Å²) >= 11 is 3.47. The van der Waals surface area contributed by atoms with Crippen LogP contribution in [0.25, 0.3) is 0 Å². The molecule has 1 unspecified atom stereocenters. The molecule has 4 heteroatoms. The van der Waals surface area contributed by atoms with Crippen LogP contribution in [0.4, 0.5) is 8.78 Å². The van der Waals surface area contributed by atoms with Crippen molar-refractivity contribution >= 4 is 15.9 Å². The molecule has 0 fully saturated rings. The van der Waals surface area contributed by atoms with Crippen molar-refractivity contribution in [3.63, 3.8) is 0 Å². The monoisotopic (exact) mass is 353 g/mol. The lowest BCUT2D eigenvalue weighted by molar-refractivity contribution is 0.520. The Bertz CT molecular complexity index is 628. The highest BCUT2D eigenvalue weighted by Crippen LogP contribution is 2.26. The van der Waals surface area contributed by atoms with Gasteiger partial charge in [0.05, 0.1) is 0 Å². The first-order chi connectivity index (χ1) is 10.0. The Morgan fingerprint density at radius 3 is 2.62 bits per heavy atom. The number of nitrogens with one attached hydrogen (secondary N) is 1. The van der Waals surface area contributed by atoms with Crippen LogP contribution in [0.15, 0.2) is 40.9 Å². The largest absolute Gasteiger partial charge is 0.310 e. The van der Waals surface area contributed by atoms with E-state index >= 15 is 0 Å². The predicted octanol–water partition coefficient (Wildman–Crippen LogP) is 4.93. The summed E-state index contributed by atoms with van der Waals surface area (Å²) in [4.78, 5) is 0. The first-order valence-electron chi connectivity index (χ1n) is 6.94. The second kappa shape index (κ2) is 7.14. The molecule has 0 bridgehead atoms. The van der Waals surface area contributed by atoms with Crippen LogP contribution in [0.2, 0.25) is 0 Å². The lowest BCUT2D eigenvalue weighted by atomic mass is 9.95. The maximum absolute atomic E-state index is 13.9. The Labute approximate surface area is 132 Å². The number of rotatable bonds is 5. The molecule has 1 N–H and O–H groups in total. The average Bonchev–Trinajstić information content (AvgIpc) is 2.45. The molecule has 2 aromatic rings. The van der Waals surface area contributed by atoms with Crippen LogP contribution >= 0.6 is 15.9 Å². The van der Waals surface area contributed by atoms with Crippen molar-refractivity contribution in [1.29, 1.82) is 0 Å². The Morgan fingerprint density at radius 1 is 1.14 bits per heavy atom. The number of hydrogen-bond acceptors (Lipinski definition) is 1. The highest BCUT2D eigenvalue weighted by atomic mass is 79.9. The van der Waals surface area contributed by atoms with E-state index in [2.05, 4.69) is 21.2 Å². The minimum absolute atomic E-state index is 0.0520. The van der Waals surface area contributed by atoms with Gasteiger partial charge >= 0.3 is 0 Å². The van der Waals surface area contributed by atoms with Crippen LogP contribution in [0.3, 0.4) is 0 Å². The summed E-state index contributed by atoms with van der Waals surface area (Å²) < 4.78 is 28.2. The van der Waals surface area contributed by atoms with Crippen molar-refractivity contribution in [3.8, 4) is 0 Å². The van der Waals surface area contributed by atoms with Crippen molar-refractivity contribution < 1.29 is 8.78 Å². The van der Waals surface area contributed by atoms with Gasteiger partial charge in [-0.2, -0.15) is 0 Å². The van der Waals surface area contributed by atoms with E-state index in [-0.39, 0.29) is 11.9 Å². The van der Waals surface area contributed by atoms with Crippen LogP contribution in [0, 0.1) is 18.6 Å². The van der Waals surface area contributed by atoms with Gasteiger partial charge in [0.2, 0.25) is 0 Å². The van der Waals surface area contributed by atoms with Crippen LogP contribution < -0.4 is 5.32 Å². The number of halogens is 3. The van der Waals surface area contributed by atoms with Crippen LogP contribution in [0.1, 0.15) is 29.7 Å². The van der Waals surface area contributed by atoms with Gasteiger partial charge in [0.15, 0.2) is 0 Å². The van der Waals surface area contributed by atoms with E-state index in [9.17, 15) is 8.78 Å². The van der Waals surface area contributed by atoms with Crippen LogP contribution in [-0.2, 0) is 6.42 Å². The van der Waals surface area contributed by atoms with E-state index in [1.165, 1.54) is 12.1 Å². The molecule has 0 aliphatic heterocycles. The van der Waals surface area contributed by atoms with Crippen molar-refractivity contribution in [1.82, 2.24) is 5.32 Å². The van der Waals surface area contributed by atoms with Crippen molar-refractivity contribution in [3.05, 3.63) is 69.2 Å². The first-order valence-corrected chi connectivity index (χ1v) is 7.74. The predicted molar refractivity (Wildman–Crippen MR) is 85.4 cm³/mol. The zero-order valence-corrected chi connectivity index (χ0v) is 13.7. The fourth-order valence-corrected chi connectivity index (χ4v) is 2.82. The van der Waals surface area contributed by atoms with Crippen LogP contribution in [-0.4, -0.2) is 6.54 Å². The van der Waals surface area contributed by atoms with Gasteiger partial charge in [-0.3, -0.25) is 0 Å². The molecule has 1 atom stereocenters. The molecule has 0 radical (unpaired) electrons. The molecule has 0 aliphatic rings. The standard InChI is InChI=1S/C17H18BrF2N/c1-3-21-17(15-10-13(18)5-4-11(15)2)9-12-8-14(19)6-7-16(12)20/h4-8,10,17,21H,3,9H2,1-2H3. The maximum atomic E-state index is 13.9. The van der Waals surface area contributed by atoms with Crippen molar-refractivity contribution in [2.45, 2.75) is 26.3 Å². The zero-order chi connectivity index (χ0) is 15.4. The first kappa shape index (κ1) is 16.1. The third-order valence-electron chi connectivity index (χ3n) is 3.50. The van der Waals surface area contributed by atoms with Gasteiger partial charge in [0.25, 0.3) is 0 Å². The molecule has 112 valence electrons. The molecule has 21 heavy (non-hydrogen) atoms. The second-order valence-corrected chi connectivity index (χ2v) is 5.97. The minimum atomic E-state index is -0.410. The minimum Gasteiger partial charge on any atom is -0.310 e. The quantitative estimate of drug-likeness (QED) is 0.803. The van der Waals surface area contributed by atoms with Gasteiger partial charge in [0.1, 0.15) is 11.6 Å². The molecular formula is C17H18BrF2N. The van der Waals surface area contributed by atoms with E-state index in [0.29, 0.717) is 12.0 Å². The van der Waals surface area contributed by atoms with Gasteiger partial charge in [-0.1, -0.05) is 28.9 Å². The molecule has 1 nitrogen and oxygen atoms in total. The normalized spacial score (nSPS) is 12.4. The number of likely N-dealkylation sites (N-methyl/N-ethyl adjacent to an activating group) is 1.